The second kappa shape index (κ2) is 14.6. The Balaban J connectivity index is 0.00000104. The summed E-state index contributed by atoms with van der Waals surface area (Å²) in [6, 6.07) is 13.1. The van der Waals surface area contributed by atoms with Crippen LogP contribution in [0.1, 0.15) is 47.1 Å². The van der Waals surface area contributed by atoms with Gasteiger partial charge in [0.15, 0.2) is 14.6 Å². The normalized spacial score (nSPS) is 12.6. The highest BCUT2D eigenvalue weighted by atomic mass is 32.2. The largest absolute Gasteiger partial charge is 0.494 e. The third-order valence-corrected chi connectivity index (χ3v) is 7.41. The van der Waals surface area contributed by atoms with Crippen LogP contribution < -0.4 is 14.8 Å². The van der Waals surface area contributed by atoms with Gasteiger partial charge in [0.2, 0.25) is 0 Å². The van der Waals surface area contributed by atoms with Gasteiger partial charge < -0.3 is 19.5 Å². The first-order valence-corrected chi connectivity index (χ1v) is 13.2. The Hall–Kier alpha value is -2.58. The zero-order valence-corrected chi connectivity index (χ0v) is 22.0. The number of benzene rings is 2. The third kappa shape index (κ3) is 8.02. The summed E-state index contributed by atoms with van der Waals surface area (Å²) in [5, 5.41) is 3.11. The van der Waals surface area contributed by atoms with E-state index in [0.29, 0.717) is 30.3 Å². The van der Waals surface area contributed by atoms with Gasteiger partial charge in [-0.15, -0.1) is 0 Å². The maximum Gasteiger partial charge on any atom is 0.327 e. The predicted octanol–water partition coefficient (Wildman–Crippen LogP) is 4.44. The Morgan fingerprint density at radius 2 is 1.26 bits per heavy atom. The summed E-state index contributed by atoms with van der Waals surface area (Å²) in [7, 11) is -4.03. The molecule has 0 heterocycles. The highest BCUT2D eigenvalue weighted by molar-refractivity contribution is 7.93. The van der Waals surface area contributed by atoms with Crippen LogP contribution in [0.4, 0.5) is 0 Å². The van der Waals surface area contributed by atoms with Gasteiger partial charge in [-0.2, -0.15) is 0 Å². The molecule has 0 aromatic heterocycles. The SMILES string of the molecule is CCNCC.CCOC(=O)C(C)(Cc1ccc(OCC)cc1)S(=O)(=O)c1ccc(OCC)cc1. The monoisotopic (exact) mass is 493 g/mol. The molecule has 0 bridgehead atoms. The van der Waals surface area contributed by atoms with E-state index in [4.69, 9.17) is 14.2 Å². The maximum absolute atomic E-state index is 13.4. The maximum atomic E-state index is 13.4. The van der Waals surface area contributed by atoms with Crippen LogP contribution in [-0.2, 0) is 25.8 Å². The van der Waals surface area contributed by atoms with E-state index in [2.05, 4.69) is 19.2 Å². The summed E-state index contributed by atoms with van der Waals surface area (Å²) in [5.74, 6) is 0.474. The van der Waals surface area contributed by atoms with Crippen molar-refractivity contribution in [1.29, 1.82) is 0 Å². The molecule has 1 atom stereocenters. The predicted molar refractivity (Wildman–Crippen MR) is 135 cm³/mol. The lowest BCUT2D eigenvalue weighted by Crippen LogP contribution is -2.46. The van der Waals surface area contributed by atoms with E-state index in [1.54, 1.807) is 43.3 Å². The molecule has 0 amide bonds. The molecule has 0 radical (unpaired) electrons. The summed E-state index contributed by atoms with van der Waals surface area (Å²) in [4.78, 5) is 12.8. The number of esters is 1. The fraction of sp³-hybridized carbons (Fsp3) is 0.500. The molecule has 1 N–H and O–H groups in total. The summed E-state index contributed by atoms with van der Waals surface area (Å²) in [6.45, 7) is 14.3. The Morgan fingerprint density at radius 1 is 0.794 bits per heavy atom. The molecule has 0 spiro atoms. The van der Waals surface area contributed by atoms with Gasteiger partial charge in [0, 0.05) is 6.42 Å². The van der Waals surface area contributed by atoms with E-state index in [0.717, 1.165) is 13.1 Å². The minimum atomic E-state index is -4.03. The number of carbonyl (C=O) groups is 1. The molecular weight excluding hydrogens is 454 g/mol. The smallest absolute Gasteiger partial charge is 0.327 e. The first kappa shape index (κ1) is 29.5. The van der Waals surface area contributed by atoms with Gasteiger partial charge in [-0.25, -0.2) is 8.42 Å². The second-order valence-electron chi connectivity index (χ2n) is 7.57. The van der Waals surface area contributed by atoms with Crippen molar-refractivity contribution >= 4 is 15.8 Å². The van der Waals surface area contributed by atoms with E-state index < -0.39 is 20.6 Å². The van der Waals surface area contributed by atoms with Crippen molar-refractivity contribution in [2.75, 3.05) is 32.9 Å². The lowest BCUT2D eigenvalue weighted by atomic mass is 10.00. The number of nitrogens with one attached hydrogen (secondary N) is 1. The molecule has 1 unspecified atom stereocenters. The van der Waals surface area contributed by atoms with Crippen molar-refractivity contribution in [2.24, 2.45) is 0 Å². The van der Waals surface area contributed by atoms with Crippen LogP contribution in [0.2, 0.25) is 0 Å². The summed E-state index contributed by atoms with van der Waals surface area (Å²) >= 11 is 0. The van der Waals surface area contributed by atoms with E-state index >= 15 is 0 Å². The minimum absolute atomic E-state index is 0.0201. The number of ether oxygens (including phenoxy) is 3. The van der Waals surface area contributed by atoms with E-state index in [1.807, 2.05) is 13.8 Å². The number of sulfone groups is 1. The fourth-order valence-corrected chi connectivity index (χ4v) is 4.86. The van der Waals surface area contributed by atoms with Gasteiger partial charge in [0.05, 0.1) is 24.7 Å². The standard InChI is InChI=1S/C22H28O6S.C4H11N/c1-5-26-18-10-8-17(9-11-18)16-22(4,21(23)28-7-3)29(24,25)20-14-12-19(13-15-20)27-6-2;1-3-5-4-2/h8-15H,5-7,16H2,1-4H3;5H,3-4H2,1-2H3. The third-order valence-electron chi connectivity index (χ3n) is 5.02. The van der Waals surface area contributed by atoms with Crippen LogP contribution in [0.25, 0.3) is 0 Å². The van der Waals surface area contributed by atoms with Gasteiger partial charge in [0.25, 0.3) is 0 Å². The van der Waals surface area contributed by atoms with E-state index in [1.165, 1.54) is 19.1 Å². The molecule has 0 aliphatic rings. The lowest BCUT2D eigenvalue weighted by molar-refractivity contribution is -0.145. The Labute approximate surface area is 204 Å². The molecule has 0 saturated carbocycles. The molecule has 0 fully saturated rings. The molecular formula is C26H39NO6S. The first-order valence-electron chi connectivity index (χ1n) is 11.8. The quantitative estimate of drug-likeness (QED) is 0.437. The number of rotatable bonds is 12. The Bertz CT molecular complexity index is 956. The molecule has 2 aromatic carbocycles. The van der Waals surface area contributed by atoms with Crippen molar-refractivity contribution in [3.8, 4) is 11.5 Å². The molecule has 34 heavy (non-hydrogen) atoms. The van der Waals surface area contributed by atoms with Gasteiger partial charge >= 0.3 is 5.97 Å². The summed E-state index contributed by atoms with van der Waals surface area (Å²) in [5.41, 5.74) is 0.693. The number of hydrogen-bond donors (Lipinski definition) is 1. The minimum Gasteiger partial charge on any atom is -0.494 e. The highest BCUT2D eigenvalue weighted by Gasteiger charge is 2.48. The van der Waals surface area contributed by atoms with Gasteiger partial charge in [0.1, 0.15) is 11.5 Å². The average molecular weight is 494 g/mol. The van der Waals surface area contributed by atoms with Gasteiger partial charge in [-0.05, 0) is 82.7 Å². The Morgan fingerprint density at radius 3 is 1.65 bits per heavy atom. The molecule has 7 nitrogen and oxygen atoms in total. The first-order chi connectivity index (χ1) is 16.2. The highest BCUT2D eigenvalue weighted by Crippen LogP contribution is 2.32. The van der Waals surface area contributed by atoms with Crippen molar-refractivity contribution < 1.29 is 27.4 Å². The topological polar surface area (TPSA) is 90.9 Å². The molecule has 2 aromatic rings. The van der Waals surface area contributed by atoms with Gasteiger partial charge in [-0.3, -0.25) is 4.79 Å². The molecule has 8 heteroatoms. The molecule has 0 saturated heterocycles. The van der Waals surface area contributed by atoms with Crippen LogP contribution in [-0.4, -0.2) is 52.0 Å². The van der Waals surface area contributed by atoms with Crippen LogP contribution in [0, 0.1) is 0 Å². The molecule has 0 aliphatic carbocycles. The lowest BCUT2D eigenvalue weighted by Gasteiger charge is -2.27. The molecule has 2 rings (SSSR count). The Kier molecular flexibility index (Phi) is 12.7. The van der Waals surface area contributed by atoms with Crippen molar-refractivity contribution in [3.05, 3.63) is 54.1 Å². The van der Waals surface area contributed by atoms with Crippen LogP contribution >= 0.6 is 0 Å². The zero-order chi connectivity index (χ0) is 25.6. The van der Waals surface area contributed by atoms with Crippen LogP contribution in [0.3, 0.4) is 0 Å². The van der Waals surface area contributed by atoms with Crippen LogP contribution in [0.5, 0.6) is 11.5 Å². The fourth-order valence-electron chi connectivity index (χ4n) is 3.21. The van der Waals surface area contributed by atoms with Crippen molar-refractivity contribution in [3.63, 3.8) is 0 Å². The number of hydrogen-bond acceptors (Lipinski definition) is 7. The molecule has 190 valence electrons. The summed E-state index contributed by atoms with van der Waals surface area (Å²) < 4.78 is 41.1. The number of carbonyl (C=O) groups excluding carboxylic acids is 1. The van der Waals surface area contributed by atoms with E-state index in [9.17, 15) is 13.2 Å². The van der Waals surface area contributed by atoms with Crippen molar-refractivity contribution in [2.45, 2.75) is 57.6 Å². The van der Waals surface area contributed by atoms with Gasteiger partial charge in [-0.1, -0.05) is 26.0 Å². The average Bonchev–Trinajstić information content (AvgIpc) is 2.82. The second-order valence-corrected chi connectivity index (χ2v) is 9.95. The van der Waals surface area contributed by atoms with Crippen LogP contribution in [0.15, 0.2) is 53.4 Å². The van der Waals surface area contributed by atoms with Crippen molar-refractivity contribution in [1.82, 2.24) is 5.32 Å². The zero-order valence-electron chi connectivity index (χ0n) is 21.2. The summed E-state index contributed by atoms with van der Waals surface area (Å²) in [6.07, 6.45) is -0.0201. The molecule has 0 aliphatic heterocycles. The van der Waals surface area contributed by atoms with E-state index in [-0.39, 0.29) is 17.9 Å².